The van der Waals surface area contributed by atoms with Crippen LogP contribution in [0.4, 0.5) is 5.69 Å². The fraction of sp³-hybridized carbons (Fsp3) is 0.500. The number of para-hydroxylation sites is 2. The zero-order valence-corrected chi connectivity index (χ0v) is 12.4. The third kappa shape index (κ3) is 3.39. The molecule has 1 fully saturated rings. The van der Waals surface area contributed by atoms with Crippen LogP contribution in [0.1, 0.15) is 12.8 Å². The predicted octanol–water partition coefficient (Wildman–Crippen LogP) is 0.955. The molecule has 0 spiro atoms. The van der Waals surface area contributed by atoms with Crippen LogP contribution in [0.25, 0.3) is 0 Å². The van der Waals surface area contributed by atoms with E-state index in [-0.39, 0.29) is 24.8 Å². The SMILES string of the molecule is O=C(CN1C(=O)CCOc2ccccc21)NC[C@H]1CCOC1. The second-order valence-electron chi connectivity index (χ2n) is 5.58. The lowest BCUT2D eigenvalue weighted by atomic mass is 10.1. The van der Waals surface area contributed by atoms with Crippen molar-refractivity contribution in [1.82, 2.24) is 5.32 Å². The van der Waals surface area contributed by atoms with E-state index in [1.807, 2.05) is 18.2 Å². The molecule has 1 N–H and O–H groups in total. The third-order valence-electron chi connectivity index (χ3n) is 3.94. The Morgan fingerprint density at radius 3 is 3.00 bits per heavy atom. The van der Waals surface area contributed by atoms with Gasteiger partial charge in [-0.25, -0.2) is 0 Å². The van der Waals surface area contributed by atoms with Crippen LogP contribution >= 0.6 is 0 Å². The second kappa shape index (κ2) is 6.79. The molecule has 2 heterocycles. The molecule has 0 unspecified atom stereocenters. The van der Waals surface area contributed by atoms with Crippen molar-refractivity contribution in [3.63, 3.8) is 0 Å². The summed E-state index contributed by atoms with van der Waals surface area (Å²) in [5.41, 5.74) is 0.657. The highest BCUT2D eigenvalue weighted by Crippen LogP contribution is 2.30. The Hall–Kier alpha value is -2.08. The number of benzene rings is 1. The van der Waals surface area contributed by atoms with Gasteiger partial charge in [0, 0.05) is 19.1 Å². The molecule has 2 aliphatic heterocycles. The van der Waals surface area contributed by atoms with Crippen molar-refractivity contribution >= 4 is 17.5 Å². The maximum Gasteiger partial charge on any atom is 0.240 e. The second-order valence-corrected chi connectivity index (χ2v) is 5.58. The van der Waals surface area contributed by atoms with E-state index in [1.165, 1.54) is 4.90 Å². The van der Waals surface area contributed by atoms with Gasteiger partial charge < -0.3 is 14.8 Å². The highest BCUT2D eigenvalue weighted by molar-refractivity contribution is 6.00. The van der Waals surface area contributed by atoms with Gasteiger partial charge in [0.05, 0.1) is 25.3 Å². The fourth-order valence-corrected chi connectivity index (χ4v) is 2.70. The summed E-state index contributed by atoms with van der Waals surface area (Å²) in [5.74, 6) is 0.769. The lowest BCUT2D eigenvalue weighted by molar-refractivity contribution is -0.124. The molecule has 2 aliphatic rings. The zero-order chi connectivity index (χ0) is 15.4. The molecule has 0 saturated carbocycles. The van der Waals surface area contributed by atoms with Gasteiger partial charge in [0.25, 0.3) is 0 Å². The summed E-state index contributed by atoms with van der Waals surface area (Å²) in [6, 6.07) is 7.31. The molecule has 118 valence electrons. The lowest BCUT2D eigenvalue weighted by Crippen LogP contribution is -2.42. The van der Waals surface area contributed by atoms with Crippen molar-refractivity contribution in [2.24, 2.45) is 5.92 Å². The van der Waals surface area contributed by atoms with Crippen LogP contribution in [-0.4, -0.2) is 44.7 Å². The van der Waals surface area contributed by atoms with Gasteiger partial charge in [-0.2, -0.15) is 0 Å². The Morgan fingerprint density at radius 1 is 1.32 bits per heavy atom. The topological polar surface area (TPSA) is 67.9 Å². The zero-order valence-electron chi connectivity index (χ0n) is 12.4. The van der Waals surface area contributed by atoms with Crippen molar-refractivity contribution in [3.8, 4) is 5.75 Å². The van der Waals surface area contributed by atoms with Crippen molar-refractivity contribution in [1.29, 1.82) is 0 Å². The molecule has 1 atom stereocenters. The third-order valence-corrected chi connectivity index (χ3v) is 3.94. The number of carbonyl (C=O) groups excluding carboxylic acids is 2. The van der Waals surface area contributed by atoms with Gasteiger partial charge in [-0.1, -0.05) is 12.1 Å². The minimum absolute atomic E-state index is 0.0206. The molecule has 6 heteroatoms. The summed E-state index contributed by atoms with van der Waals surface area (Å²) in [6.07, 6.45) is 1.25. The number of amides is 2. The first-order chi connectivity index (χ1) is 10.7. The summed E-state index contributed by atoms with van der Waals surface area (Å²) in [6.45, 7) is 2.41. The van der Waals surface area contributed by atoms with E-state index in [2.05, 4.69) is 5.32 Å². The average Bonchev–Trinajstić information content (AvgIpc) is 2.99. The molecule has 3 rings (SSSR count). The number of hydrogen-bond acceptors (Lipinski definition) is 4. The number of anilines is 1. The smallest absolute Gasteiger partial charge is 0.240 e. The van der Waals surface area contributed by atoms with Crippen LogP contribution < -0.4 is 15.0 Å². The van der Waals surface area contributed by atoms with E-state index in [9.17, 15) is 9.59 Å². The molecular weight excluding hydrogens is 284 g/mol. The minimum atomic E-state index is -0.156. The van der Waals surface area contributed by atoms with Crippen LogP contribution in [0.5, 0.6) is 5.75 Å². The summed E-state index contributed by atoms with van der Waals surface area (Å²) in [4.78, 5) is 25.9. The van der Waals surface area contributed by atoms with Gasteiger partial charge >= 0.3 is 0 Å². The molecular formula is C16H20N2O4. The molecule has 6 nitrogen and oxygen atoms in total. The van der Waals surface area contributed by atoms with Gasteiger partial charge in [-0.05, 0) is 18.6 Å². The molecule has 1 aromatic carbocycles. The van der Waals surface area contributed by atoms with Gasteiger partial charge in [0.15, 0.2) is 0 Å². The number of carbonyl (C=O) groups is 2. The highest BCUT2D eigenvalue weighted by Gasteiger charge is 2.25. The van der Waals surface area contributed by atoms with Gasteiger partial charge in [-0.15, -0.1) is 0 Å². The minimum Gasteiger partial charge on any atom is -0.491 e. The summed E-state index contributed by atoms with van der Waals surface area (Å²) in [7, 11) is 0. The van der Waals surface area contributed by atoms with Crippen molar-refractivity contribution in [2.75, 3.05) is 37.8 Å². The number of nitrogens with one attached hydrogen (secondary N) is 1. The summed E-state index contributed by atoms with van der Waals surface area (Å²) >= 11 is 0. The predicted molar refractivity (Wildman–Crippen MR) is 80.8 cm³/mol. The van der Waals surface area contributed by atoms with Crippen LogP contribution in [0, 0.1) is 5.92 Å². The van der Waals surface area contributed by atoms with E-state index in [1.54, 1.807) is 6.07 Å². The molecule has 0 aromatic heterocycles. The summed E-state index contributed by atoms with van der Waals surface area (Å²) in [5, 5.41) is 2.89. The Kier molecular flexibility index (Phi) is 4.58. The lowest BCUT2D eigenvalue weighted by Gasteiger charge is -2.21. The maximum absolute atomic E-state index is 12.2. The first kappa shape index (κ1) is 14.8. The standard InChI is InChI=1S/C16H20N2O4/c19-15(17-9-12-5-7-21-11-12)10-18-13-3-1-2-4-14(13)22-8-6-16(18)20/h1-4,12H,5-11H2,(H,17,19)/t12-/m1/s1. The van der Waals surface area contributed by atoms with E-state index in [0.717, 1.165) is 13.0 Å². The normalized spacial score (nSPS) is 21.0. The first-order valence-electron chi connectivity index (χ1n) is 7.60. The monoisotopic (exact) mass is 304 g/mol. The molecule has 22 heavy (non-hydrogen) atoms. The first-order valence-corrected chi connectivity index (χ1v) is 7.60. The van der Waals surface area contributed by atoms with Crippen LogP contribution in [0.3, 0.4) is 0 Å². The van der Waals surface area contributed by atoms with E-state index < -0.39 is 0 Å². The van der Waals surface area contributed by atoms with E-state index in [0.29, 0.717) is 37.1 Å². The molecule has 2 amide bonds. The Bertz CT molecular complexity index is 555. The van der Waals surface area contributed by atoms with Crippen molar-refractivity contribution < 1.29 is 19.1 Å². The average molecular weight is 304 g/mol. The highest BCUT2D eigenvalue weighted by atomic mass is 16.5. The maximum atomic E-state index is 12.2. The van der Waals surface area contributed by atoms with E-state index in [4.69, 9.17) is 9.47 Å². The Labute approximate surface area is 129 Å². The fourth-order valence-electron chi connectivity index (χ4n) is 2.70. The largest absolute Gasteiger partial charge is 0.491 e. The van der Waals surface area contributed by atoms with Crippen LogP contribution in [0.15, 0.2) is 24.3 Å². The van der Waals surface area contributed by atoms with Gasteiger partial charge in [0.1, 0.15) is 12.3 Å². The van der Waals surface area contributed by atoms with Crippen LogP contribution in [-0.2, 0) is 14.3 Å². The molecule has 1 aromatic rings. The van der Waals surface area contributed by atoms with Crippen LogP contribution in [0.2, 0.25) is 0 Å². The molecule has 0 bridgehead atoms. The van der Waals surface area contributed by atoms with Gasteiger partial charge in [-0.3, -0.25) is 14.5 Å². The number of nitrogens with zero attached hydrogens (tertiary/aromatic N) is 1. The number of hydrogen-bond donors (Lipinski definition) is 1. The summed E-state index contributed by atoms with van der Waals surface area (Å²) < 4.78 is 10.8. The van der Waals surface area contributed by atoms with Gasteiger partial charge in [0.2, 0.25) is 11.8 Å². The number of fused-ring (bicyclic) bond motifs is 1. The van der Waals surface area contributed by atoms with E-state index >= 15 is 0 Å². The van der Waals surface area contributed by atoms with Crippen molar-refractivity contribution in [2.45, 2.75) is 12.8 Å². The Balaban J connectivity index is 1.64. The quantitative estimate of drug-likeness (QED) is 0.899. The number of ether oxygens (including phenoxy) is 2. The van der Waals surface area contributed by atoms with Crippen molar-refractivity contribution in [3.05, 3.63) is 24.3 Å². The Morgan fingerprint density at radius 2 is 2.18 bits per heavy atom. The molecule has 0 aliphatic carbocycles. The molecule has 1 saturated heterocycles. The number of rotatable bonds is 4. The molecule has 0 radical (unpaired) electrons.